The number of ether oxygens (including phenoxy) is 1. The van der Waals surface area contributed by atoms with E-state index in [9.17, 15) is 0 Å². The normalized spacial score (nSPS) is 24.5. The summed E-state index contributed by atoms with van der Waals surface area (Å²) < 4.78 is 7.48. The summed E-state index contributed by atoms with van der Waals surface area (Å²) in [4.78, 5) is 4.76. The topological polar surface area (TPSA) is 78.0 Å². The van der Waals surface area contributed by atoms with Crippen LogP contribution in [0.2, 0.25) is 0 Å². The van der Waals surface area contributed by atoms with Gasteiger partial charge in [-0.2, -0.15) is 5.10 Å². The maximum atomic E-state index is 5.71. The maximum absolute atomic E-state index is 5.71. The molecule has 6 nitrogen and oxygen atoms in total. The summed E-state index contributed by atoms with van der Waals surface area (Å²) in [6.45, 7) is 2.44. The summed E-state index contributed by atoms with van der Waals surface area (Å²) in [6.07, 6.45) is 8.36. The van der Waals surface area contributed by atoms with Crippen LogP contribution in [0.4, 0.5) is 5.82 Å². The number of anilines is 1. The predicted molar refractivity (Wildman–Crippen MR) is 93.7 cm³/mol. The summed E-state index contributed by atoms with van der Waals surface area (Å²) in [5.41, 5.74) is 7.75. The number of pyridine rings is 1. The molecular weight excluding hydrogens is 302 g/mol. The number of hydrogen-bond acceptors (Lipinski definition) is 5. The molecule has 1 aliphatic heterocycles. The Morgan fingerprint density at radius 2 is 2.08 bits per heavy atom. The highest BCUT2D eigenvalue weighted by Gasteiger charge is 2.29. The summed E-state index contributed by atoms with van der Waals surface area (Å²) in [5.74, 6) is 1.59. The molecular formula is C18H25N5O. The van der Waals surface area contributed by atoms with E-state index < -0.39 is 0 Å². The Morgan fingerprint density at radius 3 is 2.88 bits per heavy atom. The number of hydrogen-bond donors (Lipinski definition) is 2. The lowest BCUT2D eigenvalue weighted by Gasteiger charge is -2.34. The van der Waals surface area contributed by atoms with Crippen LogP contribution in [0.1, 0.15) is 31.7 Å². The van der Waals surface area contributed by atoms with Crippen molar-refractivity contribution in [3.8, 4) is 11.3 Å². The zero-order chi connectivity index (χ0) is 16.4. The minimum Gasteiger partial charge on any atom is -0.381 e. The third kappa shape index (κ3) is 3.30. The van der Waals surface area contributed by atoms with Gasteiger partial charge in [-0.05, 0) is 50.3 Å². The van der Waals surface area contributed by atoms with Gasteiger partial charge in [-0.15, -0.1) is 0 Å². The van der Waals surface area contributed by atoms with Crippen molar-refractivity contribution >= 4 is 5.82 Å². The zero-order valence-electron chi connectivity index (χ0n) is 13.9. The van der Waals surface area contributed by atoms with Crippen molar-refractivity contribution in [1.82, 2.24) is 14.8 Å². The highest BCUT2D eigenvalue weighted by molar-refractivity contribution is 5.59. The number of nitrogens with two attached hydrogens (primary N) is 1. The standard InChI is InChI=1S/C18H25N5O/c19-10-13-8-16(9-13)23-12-14(11-20-23)17-2-1-3-18(22-17)21-15-4-6-24-7-5-15/h1-3,11-13,15-16H,4-10,19H2,(H,21,22). The molecule has 0 bridgehead atoms. The summed E-state index contributed by atoms with van der Waals surface area (Å²) in [7, 11) is 0. The van der Waals surface area contributed by atoms with Crippen LogP contribution in [-0.4, -0.2) is 40.6 Å². The van der Waals surface area contributed by atoms with Crippen LogP contribution in [-0.2, 0) is 4.74 Å². The molecule has 3 heterocycles. The molecule has 0 aromatic carbocycles. The second kappa shape index (κ2) is 6.91. The van der Waals surface area contributed by atoms with Gasteiger partial charge in [-0.3, -0.25) is 4.68 Å². The number of rotatable bonds is 5. The van der Waals surface area contributed by atoms with Gasteiger partial charge in [-0.1, -0.05) is 6.07 Å². The Labute approximate surface area is 142 Å². The Bertz CT molecular complexity index is 674. The monoisotopic (exact) mass is 327 g/mol. The molecule has 24 heavy (non-hydrogen) atoms. The van der Waals surface area contributed by atoms with Gasteiger partial charge in [0.05, 0.1) is 17.9 Å². The first-order valence-corrected chi connectivity index (χ1v) is 8.88. The molecule has 1 saturated carbocycles. The highest BCUT2D eigenvalue weighted by atomic mass is 16.5. The smallest absolute Gasteiger partial charge is 0.126 e. The second-order valence-electron chi connectivity index (χ2n) is 6.88. The van der Waals surface area contributed by atoms with E-state index in [1.807, 2.05) is 18.3 Å². The molecule has 0 atom stereocenters. The lowest BCUT2D eigenvalue weighted by atomic mass is 9.80. The van der Waals surface area contributed by atoms with Crippen molar-refractivity contribution in [2.75, 3.05) is 25.1 Å². The molecule has 128 valence electrons. The van der Waals surface area contributed by atoms with Gasteiger partial charge in [-0.25, -0.2) is 4.98 Å². The molecule has 0 amide bonds. The van der Waals surface area contributed by atoms with Gasteiger partial charge >= 0.3 is 0 Å². The van der Waals surface area contributed by atoms with Crippen molar-refractivity contribution in [2.45, 2.75) is 37.8 Å². The fourth-order valence-electron chi connectivity index (χ4n) is 3.51. The number of aromatic nitrogens is 3. The van der Waals surface area contributed by atoms with E-state index in [0.29, 0.717) is 18.0 Å². The van der Waals surface area contributed by atoms with Gasteiger partial charge < -0.3 is 15.8 Å². The molecule has 2 fully saturated rings. The van der Waals surface area contributed by atoms with E-state index in [0.717, 1.165) is 62.5 Å². The third-order valence-corrected chi connectivity index (χ3v) is 5.14. The van der Waals surface area contributed by atoms with E-state index in [2.05, 4.69) is 27.4 Å². The molecule has 1 aliphatic carbocycles. The fraction of sp³-hybridized carbons (Fsp3) is 0.556. The minimum absolute atomic E-state index is 0.451. The Balaban J connectivity index is 1.44. The Kier molecular flexibility index (Phi) is 4.49. The molecule has 2 aromatic heterocycles. The summed E-state index contributed by atoms with van der Waals surface area (Å²) >= 11 is 0. The molecule has 0 unspecified atom stereocenters. The largest absolute Gasteiger partial charge is 0.381 e. The second-order valence-corrected chi connectivity index (χ2v) is 6.88. The van der Waals surface area contributed by atoms with Crippen molar-refractivity contribution < 1.29 is 4.74 Å². The minimum atomic E-state index is 0.451. The lowest BCUT2D eigenvalue weighted by molar-refractivity contribution is 0.0904. The average molecular weight is 327 g/mol. The highest BCUT2D eigenvalue weighted by Crippen LogP contribution is 2.37. The predicted octanol–water partition coefficient (Wildman–Crippen LogP) is 2.45. The van der Waals surface area contributed by atoms with Crippen LogP contribution >= 0.6 is 0 Å². The molecule has 3 N–H and O–H groups in total. The van der Waals surface area contributed by atoms with E-state index in [4.69, 9.17) is 15.5 Å². The number of nitrogens with zero attached hydrogens (tertiary/aromatic N) is 3. The quantitative estimate of drug-likeness (QED) is 0.882. The first kappa shape index (κ1) is 15.6. The van der Waals surface area contributed by atoms with E-state index >= 15 is 0 Å². The van der Waals surface area contributed by atoms with E-state index in [1.54, 1.807) is 0 Å². The first-order chi connectivity index (χ1) is 11.8. The van der Waals surface area contributed by atoms with Crippen LogP contribution in [0.25, 0.3) is 11.3 Å². The zero-order valence-corrected chi connectivity index (χ0v) is 13.9. The summed E-state index contributed by atoms with van der Waals surface area (Å²) in [5, 5.41) is 8.05. The molecule has 6 heteroatoms. The van der Waals surface area contributed by atoms with Crippen molar-refractivity contribution in [3.63, 3.8) is 0 Å². The van der Waals surface area contributed by atoms with Gasteiger partial charge in [0.15, 0.2) is 0 Å². The Morgan fingerprint density at radius 1 is 1.25 bits per heavy atom. The molecule has 2 aliphatic rings. The SMILES string of the molecule is NCC1CC(n2cc(-c3cccc(NC4CCOCC4)n3)cn2)C1. The first-order valence-electron chi connectivity index (χ1n) is 8.88. The van der Waals surface area contributed by atoms with E-state index in [1.165, 1.54) is 0 Å². The van der Waals surface area contributed by atoms with E-state index in [-0.39, 0.29) is 0 Å². The maximum Gasteiger partial charge on any atom is 0.126 e. The van der Waals surface area contributed by atoms with Crippen LogP contribution in [0.15, 0.2) is 30.6 Å². The van der Waals surface area contributed by atoms with Crippen molar-refractivity contribution in [3.05, 3.63) is 30.6 Å². The summed E-state index contributed by atoms with van der Waals surface area (Å²) in [6, 6.07) is 7.07. The Hall–Kier alpha value is -1.92. The van der Waals surface area contributed by atoms with Gasteiger partial charge in [0, 0.05) is 31.0 Å². The van der Waals surface area contributed by atoms with Crippen LogP contribution in [0, 0.1) is 5.92 Å². The molecule has 2 aromatic rings. The van der Waals surface area contributed by atoms with Gasteiger partial charge in [0.2, 0.25) is 0 Å². The molecule has 4 rings (SSSR count). The van der Waals surface area contributed by atoms with Gasteiger partial charge in [0.1, 0.15) is 5.82 Å². The number of nitrogens with one attached hydrogen (secondary N) is 1. The van der Waals surface area contributed by atoms with Crippen molar-refractivity contribution in [1.29, 1.82) is 0 Å². The van der Waals surface area contributed by atoms with Crippen LogP contribution in [0.3, 0.4) is 0 Å². The average Bonchev–Trinajstić information content (AvgIpc) is 3.05. The third-order valence-electron chi connectivity index (χ3n) is 5.14. The van der Waals surface area contributed by atoms with Crippen LogP contribution in [0.5, 0.6) is 0 Å². The van der Waals surface area contributed by atoms with Crippen LogP contribution < -0.4 is 11.1 Å². The van der Waals surface area contributed by atoms with Crippen molar-refractivity contribution in [2.24, 2.45) is 11.7 Å². The molecule has 0 radical (unpaired) electrons. The molecule has 0 spiro atoms. The molecule has 1 saturated heterocycles. The fourth-order valence-corrected chi connectivity index (χ4v) is 3.51. The van der Waals surface area contributed by atoms with Gasteiger partial charge in [0.25, 0.3) is 0 Å². The lowest BCUT2D eigenvalue weighted by Crippen LogP contribution is -2.32.